The number of alkyl halides is 3. The number of halogens is 3. The maximum Gasteiger partial charge on any atom is 0.449 e. The van der Waals surface area contributed by atoms with Crippen molar-refractivity contribution in [1.29, 1.82) is 0 Å². The number of nitrogens with one attached hydrogen (secondary N) is 1. The zero-order valence-electron chi connectivity index (χ0n) is 19.9. The smallest absolute Gasteiger partial charge is 0.380 e. The Kier molecular flexibility index (Phi) is 7.76. The van der Waals surface area contributed by atoms with Gasteiger partial charge in [-0.2, -0.15) is 13.2 Å². The number of para-hydroxylation sites is 2. The van der Waals surface area contributed by atoms with E-state index in [-0.39, 0.29) is 24.1 Å². The highest BCUT2D eigenvalue weighted by molar-refractivity contribution is 7.91. The summed E-state index contributed by atoms with van der Waals surface area (Å²) in [6.07, 6.45) is -8.99. The summed E-state index contributed by atoms with van der Waals surface area (Å²) in [5, 5.41) is 22.5. The van der Waals surface area contributed by atoms with Gasteiger partial charge in [0.25, 0.3) is 11.8 Å². The van der Waals surface area contributed by atoms with Crippen LogP contribution in [-0.4, -0.2) is 75.2 Å². The van der Waals surface area contributed by atoms with Crippen LogP contribution in [0.2, 0.25) is 0 Å². The largest absolute Gasteiger partial charge is 0.449 e. The molecule has 0 saturated carbocycles. The van der Waals surface area contributed by atoms with Crippen molar-refractivity contribution in [2.24, 2.45) is 0 Å². The van der Waals surface area contributed by atoms with Crippen LogP contribution in [0.4, 0.5) is 13.2 Å². The Labute approximate surface area is 215 Å². The maximum atomic E-state index is 13.4. The number of rotatable bonds is 9. The third-order valence-electron chi connectivity index (χ3n) is 6.22. The first-order valence-electron chi connectivity index (χ1n) is 11.6. The lowest BCUT2D eigenvalue weighted by Gasteiger charge is -2.22. The molecule has 0 aliphatic carbocycles. The first kappa shape index (κ1) is 27.5. The molecule has 0 spiro atoms. The Morgan fingerprint density at radius 3 is 2.21 bits per heavy atom. The van der Waals surface area contributed by atoms with Gasteiger partial charge in [0.1, 0.15) is 0 Å². The zero-order valence-corrected chi connectivity index (χ0v) is 20.7. The Balaban J connectivity index is 1.29. The van der Waals surface area contributed by atoms with E-state index >= 15 is 0 Å². The second-order valence-corrected chi connectivity index (χ2v) is 11.2. The van der Waals surface area contributed by atoms with Gasteiger partial charge in [-0.25, -0.2) is 13.4 Å². The first-order valence-corrected chi connectivity index (χ1v) is 13.4. The minimum atomic E-state index is -4.79. The van der Waals surface area contributed by atoms with E-state index in [9.17, 15) is 41.4 Å². The van der Waals surface area contributed by atoms with E-state index in [1.165, 1.54) is 29.2 Å². The Hall–Kier alpha value is -3.49. The third kappa shape index (κ3) is 5.97. The van der Waals surface area contributed by atoms with Crippen LogP contribution in [0.3, 0.4) is 0 Å². The third-order valence-corrected chi connectivity index (χ3v) is 7.85. The summed E-state index contributed by atoms with van der Waals surface area (Å²) in [4.78, 5) is 29.6. The van der Waals surface area contributed by atoms with Gasteiger partial charge in [0.15, 0.2) is 22.0 Å². The number of aromatic nitrogens is 2. The minimum absolute atomic E-state index is 0.0735. The highest BCUT2D eigenvalue weighted by Crippen LogP contribution is 2.31. The second kappa shape index (κ2) is 10.7. The molecule has 1 aliphatic rings. The molecule has 0 saturated heterocycles. The van der Waals surface area contributed by atoms with Crippen LogP contribution in [0.15, 0.2) is 48.5 Å². The fourth-order valence-corrected chi connectivity index (χ4v) is 5.32. The van der Waals surface area contributed by atoms with Gasteiger partial charge < -0.3 is 25.0 Å². The molecular formula is C24H25F3N4O6S. The minimum Gasteiger partial charge on any atom is -0.380 e. The summed E-state index contributed by atoms with van der Waals surface area (Å²) in [5.74, 6) is -4.52. The highest BCUT2D eigenvalue weighted by Gasteiger charge is 2.38. The van der Waals surface area contributed by atoms with Gasteiger partial charge in [-0.05, 0) is 23.3 Å². The Bertz CT molecular complexity index is 1430. The summed E-state index contributed by atoms with van der Waals surface area (Å²) < 4.78 is 65.9. The number of aryl methyl sites for hydroxylation is 1. The molecule has 1 aromatic heterocycles. The van der Waals surface area contributed by atoms with Crippen molar-refractivity contribution in [2.45, 2.75) is 38.0 Å². The molecule has 2 heterocycles. The number of carbonyl (C=O) groups is 2. The molecule has 3 aromatic rings. The van der Waals surface area contributed by atoms with Crippen molar-refractivity contribution >= 4 is 32.7 Å². The van der Waals surface area contributed by atoms with Gasteiger partial charge in [-0.3, -0.25) is 9.59 Å². The average molecular weight is 555 g/mol. The van der Waals surface area contributed by atoms with Crippen molar-refractivity contribution in [3.05, 3.63) is 65.5 Å². The summed E-state index contributed by atoms with van der Waals surface area (Å²) in [5.41, 5.74) is 1.96. The van der Waals surface area contributed by atoms with E-state index in [0.29, 0.717) is 0 Å². The van der Waals surface area contributed by atoms with Gasteiger partial charge in [-0.1, -0.05) is 36.4 Å². The van der Waals surface area contributed by atoms with Crippen molar-refractivity contribution in [3.8, 4) is 0 Å². The lowest BCUT2D eigenvalue weighted by molar-refractivity contribution is -0.153. The van der Waals surface area contributed by atoms with E-state index < -0.39 is 70.5 Å². The molecule has 2 amide bonds. The fraction of sp³-hybridized carbons (Fsp3) is 0.375. The van der Waals surface area contributed by atoms with Crippen LogP contribution in [0.5, 0.6) is 0 Å². The normalized spacial score (nSPS) is 15.3. The van der Waals surface area contributed by atoms with E-state index in [1.807, 2.05) is 12.1 Å². The number of aliphatic hydroxyl groups is 2. The number of benzene rings is 2. The molecule has 38 heavy (non-hydrogen) atoms. The molecule has 2 aromatic carbocycles. The molecule has 14 heteroatoms. The van der Waals surface area contributed by atoms with Gasteiger partial charge in [0, 0.05) is 26.2 Å². The predicted molar refractivity (Wildman–Crippen MR) is 129 cm³/mol. The van der Waals surface area contributed by atoms with E-state index in [4.69, 9.17) is 0 Å². The number of fused-ring (bicyclic) bond motifs is 2. The van der Waals surface area contributed by atoms with Crippen LogP contribution < -0.4 is 5.32 Å². The molecule has 3 N–H and O–H groups in total. The van der Waals surface area contributed by atoms with Crippen LogP contribution in [0.25, 0.3) is 11.0 Å². The number of amides is 2. The highest BCUT2D eigenvalue weighted by atomic mass is 32.2. The first-order chi connectivity index (χ1) is 17.9. The molecular weight excluding hydrogens is 529 g/mol. The number of aliphatic hydroxyl groups excluding tert-OH is 2. The summed E-state index contributed by atoms with van der Waals surface area (Å²) in [7, 11) is -3.94. The van der Waals surface area contributed by atoms with Crippen molar-refractivity contribution < 1.29 is 41.4 Å². The van der Waals surface area contributed by atoms with Crippen LogP contribution in [0, 0.1) is 0 Å². The fourth-order valence-electron chi connectivity index (χ4n) is 4.24. The molecule has 204 valence electrons. The van der Waals surface area contributed by atoms with Gasteiger partial charge in [0.2, 0.25) is 5.82 Å². The zero-order chi connectivity index (χ0) is 27.7. The molecule has 0 fully saturated rings. The maximum absolute atomic E-state index is 13.4. The molecule has 1 aliphatic heterocycles. The summed E-state index contributed by atoms with van der Waals surface area (Å²) in [6.45, 7) is -0.577. The second-order valence-electron chi connectivity index (χ2n) is 8.87. The van der Waals surface area contributed by atoms with Crippen LogP contribution in [-0.2, 0) is 45.2 Å². The van der Waals surface area contributed by atoms with Gasteiger partial charge in [0.05, 0.1) is 22.5 Å². The van der Waals surface area contributed by atoms with Crippen molar-refractivity contribution in [2.75, 3.05) is 18.1 Å². The molecule has 0 radical (unpaired) electrons. The topological polar surface area (TPSA) is 142 Å². The number of hydrogen-bond donors (Lipinski definition) is 3. The lowest BCUT2D eigenvalue weighted by atomic mass is 10.1. The number of hydrogen-bond acceptors (Lipinski definition) is 7. The monoisotopic (exact) mass is 554 g/mol. The lowest BCUT2D eigenvalue weighted by Crippen LogP contribution is -2.50. The van der Waals surface area contributed by atoms with Crippen LogP contribution >= 0.6 is 0 Å². The number of nitrogens with zero attached hydrogens (tertiary/aromatic N) is 3. The average Bonchev–Trinajstić information content (AvgIpc) is 3.47. The standard InChI is InChI=1S/C24H25F3N4O6S/c25-24(26,27)23-29-17-7-3-4-8-18(17)31(23)10-12-38(36,37)11-9-28-21(34)19(32)20(33)22(35)30-13-15-5-1-2-6-16(15)14-30/h1-8,19-20,32-33H,9-14H2,(H,28,34)/t19-,20-/m1/s1. The number of sulfone groups is 1. The summed E-state index contributed by atoms with van der Waals surface area (Å²) in [6, 6.07) is 13.0. The van der Waals surface area contributed by atoms with E-state index in [0.717, 1.165) is 15.7 Å². The Morgan fingerprint density at radius 2 is 1.58 bits per heavy atom. The molecule has 0 unspecified atom stereocenters. The summed E-state index contributed by atoms with van der Waals surface area (Å²) >= 11 is 0. The predicted octanol–water partition coefficient (Wildman–Crippen LogP) is 0.850. The van der Waals surface area contributed by atoms with E-state index in [1.54, 1.807) is 12.1 Å². The van der Waals surface area contributed by atoms with Crippen molar-refractivity contribution in [3.63, 3.8) is 0 Å². The molecule has 4 rings (SSSR count). The molecule has 0 bridgehead atoms. The molecule has 2 atom stereocenters. The van der Waals surface area contributed by atoms with Gasteiger partial charge >= 0.3 is 6.18 Å². The SMILES string of the molecule is O=C(NCCS(=O)(=O)CCn1c(C(F)(F)F)nc2ccccc21)[C@H](O)[C@@H](O)C(=O)N1Cc2ccccc2C1. The van der Waals surface area contributed by atoms with Crippen LogP contribution in [0.1, 0.15) is 17.0 Å². The van der Waals surface area contributed by atoms with E-state index in [2.05, 4.69) is 10.3 Å². The van der Waals surface area contributed by atoms with Crippen molar-refractivity contribution in [1.82, 2.24) is 19.8 Å². The van der Waals surface area contributed by atoms with Gasteiger partial charge in [-0.15, -0.1) is 0 Å². The number of imidazole rings is 1. The molecule has 10 nitrogen and oxygen atoms in total. The number of carbonyl (C=O) groups excluding carboxylic acids is 2. The Morgan fingerprint density at radius 1 is 0.974 bits per heavy atom. The quantitative estimate of drug-likeness (QED) is 0.356.